The Hall–Kier alpha value is -2.10. The number of ketones is 1. The zero-order valence-corrected chi connectivity index (χ0v) is 8.10. The normalized spacial score (nSPS) is 10.2. The minimum absolute atomic E-state index is 0.0335. The first-order valence-electron chi connectivity index (χ1n) is 4.44. The van der Waals surface area contributed by atoms with E-state index in [-0.39, 0.29) is 17.4 Å². The quantitative estimate of drug-likeness (QED) is 0.760. The fraction of sp³-hybridized carbons (Fsp3) is 0.0909. The number of Topliss-reactive ketones (excluding diaryl/α,β-unsaturated/α-hetero) is 1. The fourth-order valence-electron chi connectivity index (χ4n) is 1.25. The Labute approximate surface area is 86.2 Å². The molecule has 4 nitrogen and oxygen atoms in total. The average molecular weight is 203 g/mol. The van der Waals surface area contributed by atoms with E-state index in [2.05, 4.69) is 4.98 Å². The summed E-state index contributed by atoms with van der Waals surface area (Å²) in [4.78, 5) is 14.9. The lowest BCUT2D eigenvalue weighted by molar-refractivity contribution is 0.100. The van der Waals surface area contributed by atoms with Gasteiger partial charge in [0, 0.05) is 12.5 Å². The van der Waals surface area contributed by atoms with Gasteiger partial charge in [0.25, 0.3) is 0 Å². The van der Waals surface area contributed by atoms with Crippen molar-refractivity contribution in [2.75, 3.05) is 0 Å². The molecule has 0 aliphatic carbocycles. The van der Waals surface area contributed by atoms with Crippen LogP contribution in [0.2, 0.25) is 0 Å². The van der Waals surface area contributed by atoms with Crippen molar-refractivity contribution < 1.29 is 14.3 Å². The number of hydrogen-bond donors (Lipinski definition) is 1. The summed E-state index contributed by atoms with van der Waals surface area (Å²) in [5.41, 5.74) is 0.689. The summed E-state index contributed by atoms with van der Waals surface area (Å²) in [6, 6.07) is 9.08. The van der Waals surface area contributed by atoms with Crippen LogP contribution in [-0.4, -0.2) is 15.9 Å². The lowest BCUT2D eigenvalue weighted by atomic mass is 10.2. The van der Waals surface area contributed by atoms with E-state index < -0.39 is 5.95 Å². The molecule has 0 saturated heterocycles. The van der Waals surface area contributed by atoms with Crippen molar-refractivity contribution in [2.45, 2.75) is 6.92 Å². The highest BCUT2D eigenvalue weighted by Crippen LogP contribution is 2.26. The summed E-state index contributed by atoms with van der Waals surface area (Å²) in [5.74, 6) is -0.502. The molecule has 1 aromatic carbocycles. The van der Waals surface area contributed by atoms with Crippen LogP contribution in [0, 0.1) is 0 Å². The van der Waals surface area contributed by atoms with Gasteiger partial charge in [-0.05, 0) is 12.1 Å². The van der Waals surface area contributed by atoms with Crippen LogP contribution in [0.3, 0.4) is 0 Å². The van der Waals surface area contributed by atoms with Gasteiger partial charge in [-0.25, -0.2) is 4.98 Å². The average Bonchev–Trinajstić information content (AvgIpc) is 2.62. The Morgan fingerprint density at radius 2 is 2.00 bits per heavy atom. The summed E-state index contributed by atoms with van der Waals surface area (Å²) in [7, 11) is 0. The van der Waals surface area contributed by atoms with Crippen LogP contribution in [0.15, 0.2) is 34.7 Å². The Balaban J connectivity index is 2.48. The lowest BCUT2D eigenvalue weighted by Crippen LogP contribution is -1.92. The molecule has 15 heavy (non-hydrogen) atoms. The number of rotatable bonds is 2. The third kappa shape index (κ3) is 1.74. The molecule has 0 unspecified atom stereocenters. The van der Waals surface area contributed by atoms with E-state index in [4.69, 9.17) is 4.42 Å². The first-order chi connectivity index (χ1) is 7.18. The number of carbonyl (C=O) groups excluding carboxylic acids is 1. The summed E-state index contributed by atoms with van der Waals surface area (Å²) in [6.45, 7) is 1.33. The maximum atomic E-state index is 11.0. The Morgan fingerprint density at radius 3 is 2.53 bits per heavy atom. The molecular formula is C11H9NO3. The van der Waals surface area contributed by atoms with Gasteiger partial charge >= 0.3 is 5.95 Å². The van der Waals surface area contributed by atoms with E-state index in [9.17, 15) is 9.90 Å². The van der Waals surface area contributed by atoms with Crippen molar-refractivity contribution in [3.8, 4) is 17.4 Å². The Kier molecular flexibility index (Phi) is 2.25. The van der Waals surface area contributed by atoms with Crippen LogP contribution in [0.4, 0.5) is 0 Å². The second-order valence-corrected chi connectivity index (χ2v) is 3.09. The molecule has 0 atom stereocenters. The molecule has 0 fully saturated rings. The van der Waals surface area contributed by atoms with Gasteiger partial charge < -0.3 is 9.52 Å². The molecule has 0 spiro atoms. The highest BCUT2D eigenvalue weighted by molar-refractivity contribution is 5.94. The van der Waals surface area contributed by atoms with E-state index in [1.807, 2.05) is 18.2 Å². The van der Waals surface area contributed by atoms with Crippen molar-refractivity contribution in [1.82, 2.24) is 4.98 Å². The highest BCUT2D eigenvalue weighted by atomic mass is 16.5. The molecular weight excluding hydrogens is 194 g/mol. The van der Waals surface area contributed by atoms with Gasteiger partial charge in [0.2, 0.25) is 5.89 Å². The van der Waals surface area contributed by atoms with Crippen molar-refractivity contribution in [3.05, 3.63) is 36.0 Å². The second-order valence-electron chi connectivity index (χ2n) is 3.09. The van der Waals surface area contributed by atoms with E-state index in [1.54, 1.807) is 12.1 Å². The maximum absolute atomic E-state index is 11.0. The number of nitrogens with zero attached hydrogens (tertiary/aromatic N) is 1. The number of carbonyl (C=O) groups is 1. The first-order valence-corrected chi connectivity index (χ1v) is 4.44. The van der Waals surface area contributed by atoms with Gasteiger partial charge in [-0.15, -0.1) is 0 Å². The predicted octanol–water partition coefficient (Wildman–Crippen LogP) is 2.25. The maximum Gasteiger partial charge on any atom is 0.314 e. The van der Waals surface area contributed by atoms with Crippen molar-refractivity contribution in [1.29, 1.82) is 0 Å². The van der Waals surface area contributed by atoms with Crippen LogP contribution in [0.1, 0.15) is 17.4 Å². The minimum Gasteiger partial charge on any atom is -0.479 e. The summed E-state index contributed by atoms with van der Waals surface area (Å²) in [5, 5.41) is 9.31. The van der Waals surface area contributed by atoms with E-state index in [0.29, 0.717) is 0 Å². The van der Waals surface area contributed by atoms with Gasteiger partial charge in [0.05, 0.1) is 0 Å². The Bertz CT molecular complexity index is 488. The van der Waals surface area contributed by atoms with Crippen molar-refractivity contribution in [3.63, 3.8) is 0 Å². The topological polar surface area (TPSA) is 63.3 Å². The highest BCUT2D eigenvalue weighted by Gasteiger charge is 2.16. The lowest BCUT2D eigenvalue weighted by Gasteiger charge is -1.91. The zero-order valence-electron chi connectivity index (χ0n) is 8.10. The van der Waals surface area contributed by atoms with Gasteiger partial charge in [-0.1, -0.05) is 18.2 Å². The zero-order chi connectivity index (χ0) is 10.8. The van der Waals surface area contributed by atoms with E-state index in [1.165, 1.54) is 6.92 Å². The molecule has 0 saturated carbocycles. The third-order valence-corrected chi connectivity index (χ3v) is 1.96. The number of aromatic hydroxyl groups is 1. The molecule has 2 rings (SSSR count). The molecule has 0 radical (unpaired) electrons. The molecule has 0 amide bonds. The van der Waals surface area contributed by atoms with Gasteiger partial charge in [-0.2, -0.15) is 0 Å². The van der Waals surface area contributed by atoms with E-state index >= 15 is 0 Å². The van der Waals surface area contributed by atoms with E-state index in [0.717, 1.165) is 5.56 Å². The van der Waals surface area contributed by atoms with Gasteiger partial charge in [0.15, 0.2) is 11.5 Å². The smallest absolute Gasteiger partial charge is 0.314 e. The third-order valence-electron chi connectivity index (χ3n) is 1.96. The van der Waals surface area contributed by atoms with Crippen molar-refractivity contribution in [2.24, 2.45) is 0 Å². The van der Waals surface area contributed by atoms with Crippen LogP contribution in [0.5, 0.6) is 5.95 Å². The fourth-order valence-corrected chi connectivity index (χ4v) is 1.25. The largest absolute Gasteiger partial charge is 0.479 e. The molecule has 0 bridgehead atoms. The predicted molar refractivity (Wildman–Crippen MR) is 53.6 cm³/mol. The van der Waals surface area contributed by atoms with Gasteiger partial charge in [-0.3, -0.25) is 4.79 Å². The molecule has 1 aromatic heterocycles. The summed E-state index contributed by atoms with van der Waals surface area (Å²) < 4.78 is 4.99. The molecule has 76 valence electrons. The minimum atomic E-state index is -0.429. The second kappa shape index (κ2) is 3.57. The van der Waals surface area contributed by atoms with Crippen molar-refractivity contribution >= 4 is 5.78 Å². The summed E-state index contributed by atoms with van der Waals surface area (Å²) >= 11 is 0. The molecule has 1 N–H and O–H groups in total. The molecule has 0 aliphatic rings. The molecule has 1 heterocycles. The SMILES string of the molecule is CC(=O)c1nc(-c2ccccc2)oc1O. The molecule has 2 aromatic rings. The summed E-state index contributed by atoms with van der Waals surface area (Å²) in [6.07, 6.45) is 0. The van der Waals surface area contributed by atoms with Crippen LogP contribution in [0.25, 0.3) is 11.5 Å². The van der Waals surface area contributed by atoms with Crippen LogP contribution < -0.4 is 0 Å². The Morgan fingerprint density at radius 1 is 1.33 bits per heavy atom. The molecule has 0 aliphatic heterocycles. The van der Waals surface area contributed by atoms with Crippen LogP contribution >= 0.6 is 0 Å². The number of benzene rings is 1. The van der Waals surface area contributed by atoms with Gasteiger partial charge in [0.1, 0.15) is 0 Å². The number of oxazole rings is 1. The van der Waals surface area contributed by atoms with Crippen LogP contribution in [-0.2, 0) is 0 Å². The molecule has 4 heteroatoms. The first kappa shape index (κ1) is 9.45. The standard InChI is InChI=1S/C11H9NO3/c1-7(13)9-11(14)15-10(12-9)8-5-3-2-4-6-8/h2-6,14H,1H3. The monoisotopic (exact) mass is 203 g/mol. The number of aromatic nitrogens is 1. The number of hydrogen-bond acceptors (Lipinski definition) is 4.